The Morgan fingerprint density at radius 3 is 2.42 bits per heavy atom. The zero-order chi connectivity index (χ0) is 17.9. The lowest BCUT2D eigenvalue weighted by Gasteiger charge is -2.36. The molecule has 26 heavy (non-hydrogen) atoms. The lowest BCUT2D eigenvalue weighted by molar-refractivity contribution is 0.436. The van der Waals surface area contributed by atoms with Gasteiger partial charge in [-0.3, -0.25) is 0 Å². The van der Waals surface area contributed by atoms with E-state index in [9.17, 15) is 0 Å². The van der Waals surface area contributed by atoms with Gasteiger partial charge in [0.1, 0.15) is 0 Å². The molecule has 0 radical (unpaired) electrons. The van der Waals surface area contributed by atoms with Crippen LogP contribution in [0.2, 0.25) is 5.02 Å². The minimum absolute atomic E-state index is 0.742. The normalized spacial score (nSPS) is 19.1. The van der Waals surface area contributed by atoms with E-state index >= 15 is 0 Å². The van der Waals surface area contributed by atoms with Crippen molar-refractivity contribution < 1.29 is 0 Å². The Morgan fingerprint density at radius 1 is 0.962 bits per heavy atom. The molecule has 1 aromatic heterocycles. The highest BCUT2D eigenvalue weighted by Crippen LogP contribution is 2.24. The summed E-state index contributed by atoms with van der Waals surface area (Å²) < 4.78 is 0. The van der Waals surface area contributed by atoms with E-state index in [0.29, 0.717) is 0 Å². The van der Waals surface area contributed by atoms with Gasteiger partial charge in [-0.15, -0.1) is 5.10 Å². The van der Waals surface area contributed by atoms with Gasteiger partial charge in [-0.2, -0.15) is 10.1 Å². The number of aromatic nitrogens is 3. The highest BCUT2D eigenvalue weighted by molar-refractivity contribution is 6.30. The Balaban J connectivity index is 1.41. The molecule has 138 valence electrons. The van der Waals surface area contributed by atoms with Crippen molar-refractivity contribution in [2.24, 2.45) is 5.92 Å². The topological polar surface area (TPSA) is 48.4 Å². The average Bonchev–Trinajstić information content (AvgIpc) is 2.69. The van der Waals surface area contributed by atoms with E-state index in [-0.39, 0.29) is 0 Å². The van der Waals surface area contributed by atoms with Gasteiger partial charge in [0.2, 0.25) is 5.95 Å². The largest absolute Gasteiger partial charge is 0.368 e. The van der Waals surface area contributed by atoms with E-state index in [2.05, 4.69) is 37.9 Å². The number of rotatable bonds is 3. The Morgan fingerprint density at radius 2 is 1.69 bits per heavy atom. The molecule has 0 saturated carbocycles. The van der Waals surface area contributed by atoms with Crippen molar-refractivity contribution in [2.45, 2.75) is 19.8 Å². The molecule has 2 aromatic rings. The molecule has 2 aliphatic heterocycles. The third kappa shape index (κ3) is 3.85. The summed E-state index contributed by atoms with van der Waals surface area (Å²) in [5.41, 5.74) is 1.17. The lowest BCUT2D eigenvalue weighted by atomic mass is 9.99. The molecule has 0 aliphatic carbocycles. The van der Waals surface area contributed by atoms with Crippen LogP contribution in [0, 0.1) is 5.92 Å². The fourth-order valence-electron chi connectivity index (χ4n) is 3.65. The molecule has 3 heterocycles. The molecule has 0 spiro atoms. The van der Waals surface area contributed by atoms with Crippen molar-refractivity contribution in [3.8, 4) is 0 Å². The van der Waals surface area contributed by atoms with Crippen molar-refractivity contribution in [3.05, 3.63) is 35.5 Å². The number of piperidine rings is 1. The Bertz CT molecular complexity index is 738. The molecule has 6 nitrogen and oxygen atoms in total. The Labute approximate surface area is 159 Å². The summed E-state index contributed by atoms with van der Waals surface area (Å²) in [5.74, 6) is 2.51. The highest BCUT2D eigenvalue weighted by Gasteiger charge is 2.22. The number of hydrogen-bond donors (Lipinski definition) is 0. The van der Waals surface area contributed by atoms with Gasteiger partial charge in [0.25, 0.3) is 0 Å². The maximum atomic E-state index is 6.12. The molecular formula is C19H25ClN6. The molecule has 2 fully saturated rings. The van der Waals surface area contributed by atoms with Crippen LogP contribution in [0.5, 0.6) is 0 Å². The van der Waals surface area contributed by atoms with E-state index in [1.807, 2.05) is 18.2 Å². The molecule has 0 N–H and O–H groups in total. The van der Waals surface area contributed by atoms with Gasteiger partial charge in [-0.25, -0.2) is 0 Å². The second-order valence-electron chi connectivity index (χ2n) is 7.24. The van der Waals surface area contributed by atoms with Gasteiger partial charge >= 0.3 is 0 Å². The molecule has 0 amide bonds. The second-order valence-corrected chi connectivity index (χ2v) is 7.67. The van der Waals surface area contributed by atoms with Gasteiger partial charge in [0.05, 0.1) is 6.20 Å². The first-order chi connectivity index (χ1) is 12.7. The quantitative estimate of drug-likeness (QED) is 0.825. The third-order valence-corrected chi connectivity index (χ3v) is 5.61. The first-order valence-electron chi connectivity index (χ1n) is 9.39. The van der Waals surface area contributed by atoms with Crippen LogP contribution in [0.25, 0.3) is 0 Å². The molecule has 0 unspecified atom stereocenters. The zero-order valence-corrected chi connectivity index (χ0v) is 15.9. The second kappa shape index (κ2) is 7.66. The number of halogens is 1. The van der Waals surface area contributed by atoms with Crippen molar-refractivity contribution >= 4 is 29.1 Å². The van der Waals surface area contributed by atoms with Crippen LogP contribution in [-0.2, 0) is 0 Å². The van der Waals surface area contributed by atoms with Gasteiger partial charge in [0.15, 0.2) is 5.82 Å². The SMILES string of the molecule is CC1CCN(c2cnnc(N3CCN(c4cccc(Cl)c4)CC3)n2)CC1. The predicted octanol–water partition coefficient (Wildman–Crippen LogP) is 3.09. The average molecular weight is 373 g/mol. The smallest absolute Gasteiger partial charge is 0.247 e. The molecule has 1 aromatic carbocycles. The van der Waals surface area contributed by atoms with E-state index in [0.717, 1.165) is 62.0 Å². The van der Waals surface area contributed by atoms with E-state index in [1.165, 1.54) is 18.5 Å². The summed E-state index contributed by atoms with van der Waals surface area (Å²) in [4.78, 5) is 11.7. The van der Waals surface area contributed by atoms with Crippen LogP contribution in [0.4, 0.5) is 17.5 Å². The predicted molar refractivity (Wildman–Crippen MR) is 106 cm³/mol. The molecule has 0 atom stereocenters. The number of nitrogens with zero attached hydrogens (tertiary/aromatic N) is 6. The molecule has 2 aliphatic rings. The summed E-state index contributed by atoms with van der Waals surface area (Å²) in [6.45, 7) is 8.05. The van der Waals surface area contributed by atoms with Crippen LogP contribution >= 0.6 is 11.6 Å². The van der Waals surface area contributed by atoms with Crippen LogP contribution in [0.15, 0.2) is 30.5 Å². The minimum atomic E-state index is 0.742. The maximum Gasteiger partial charge on any atom is 0.247 e. The van der Waals surface area contributed by atoms with Crippen molar-refractivity contribution in [1.29, 1.82) is 0 Å². The first-order valence-corrected chi connectivity index (χ1v) is 9.77. The van der Waals surface area contributed by atoms with Crippen molar-refractivity contribution in [1.82, 2.24) is 15.2 Å². The summed E-state index contributed by atoms with van der Waals surface area (Å²) in [7, 11) is 0. The number of piperazine rings is 1. The summed E-state index contributed by atoms with van der Waals surface area (Å²) in [6, 6.07) is 8.04. The maximum absolute atomic E-state index is 6.12. The fraction of sp³-hybridized carbons (Fsp3) is 0.526. The van der Waals surface area contributed by atoms with Crippen molar-refractivity contribution in [2.75, 3.05) is 54.0 Å². The summed E-state index contributed by atoms with van der Waals surface area (Å²) in [6.07, 6.45) is 4.23. The molecular weight excluding hydrogens is 348 g/mol. The fourth-order valence-corrected chi connectivity index (χ4v) is 3.83. The molecule has 7 heteroatoms. The monoisotopic (exact) mass is 372 g/mol. The van der Waals surface area contributed by atoms with Crippen molar-refractivity contribution in [3.63, 3.8) is 0 Å². The third-order valence-electron chi connectivity index (χ3n) is 5.38. The summed E-state index contributed by atoms with van der Waals surface area (Å²) in [5, 5.41) is 9.28. The number of hydrogen-bond acceptors (Lipinski definition) is 6. The van der Waals surface area contributed by atoms with E-state index in [4.69, 9.17) is 16.6 Å². The van der Waals surface area contributed by atoms with Crippen LogP contribution in [0.1, 0.15) is 19.8 Å². The lowest BCUT2D eigenvalue weighted by Crippen LogP contribution is -2.47. The standard InChI is InChI=1S/C19H25ClN6/c1-15-5-7-25(8-6-15)18-14-21-23-19(22-18)26-11-9-24(10-12-26)17-4-2-3-16(20)13-17/h2-4,13-15H,5-12H2,1H3. The highest BCUT2D eigenvalue weighted by atomic mass is 35.5. The van der Waals surface area contributed by atoms with Crippen LogP contribution in [-0.4, -0.2) is 54.4 Å². The molecule has 2 saturated heterocycles. The Hall–Kier alpha value is -2.08. The number of anilines is 3. The molecule has 0 bridgehead atoms. The van der Waals surface area contributed by atoms with E-state index in [1.54, 1.807) is 6.20 Å². The molecule has 4 rings (SSSR count). The number of benzene rings is 1. The van der Waals surface area contributed by atoms with Crippen LogP contribution in [0.3, 0.4) is 0 Å². The van der Waals surface area contributed by atoms with Gasteiger partial charge in [0, 0.05) is 50.0 Å². The van der Waals surface area contributed by atoms with Gasteiger partial charge in [-0.05, 0) is 37.0 Å². The first kappa shape index (κ1) is 17.3. The van der Waals surface area contributed by atoms with Gasteiger partial charge < -0.3 is 14.7 Å². The van der Waals surface area contributed by atoms with E-state index < -0.39 is 0 Å². The summed E-state index contributed by atoms with van der Waals surface area (Å²) >= 11 is 6.12. The van der Waals surface area contributed by atoms with Crippen LogP contribution < -0.4 is 14.7 Å². The zero-order valence-electron chi connectivity index (χ0n) is 15.2. The minimum Gasteiger partial charge on any atom is -0.368 e. The van der Waals surface area contributed by atoms with Gasteiger partial charge in [-0.1, -0.05) is 24.6 Å². The Kier molecular flexibility index (Phi) is 5.11.